The molecule has 0 atom stereocenters. The van der Waals surface area contributed by atoms with Crippen LogP contribution in [0.1, 0.15) is 48.0 Å². The number of fused-ring (bicyclic) bond motifs is 2. The summed E-state index contributed by atoms with van der Waals surface area (Å²) < 4.78 is 6.23. The average Bonchev–Trinajstić information content (AvgIpc) is 2.98. The van der Waals surface area contributed by atoms with Gasteiger partial charge in [-0.15, -0.1) is 0 Å². The lowest BCUT2D eigenvalue weighted by molar-refractivity contribution is 0.329. The summed E-state index contributed by atoms with van der Waals surface area (Å²) in [7, 11) is 0. The smallest absolute Gasteiger partial charge is 0.182 e. The zero-order valence-electron chi connectivity index (χ0n) is 19.6. The maximum Gasteiger partial charge on any atom is 0.182 e. The molecule has 33 heavy (non-hydrogen) atoms. The molecule has 8 heteroatoms. The molecule has 1 aliphatic rings. The van der Waals surface area contributed by atoms with E-state index in [9.17, 15) is 0 Å². The van der Waals surface area contributed by atoms with Crippen molar-refractivity contribution in [1.29, 1.82) is 0 Å². The third kappa shape index (κ3) is 3.99. The van der Waals surface area contributed by atoms with Crippen LogP contribution in [0.2, 0.25) is 0 Å². The molecule has 0 bridgehead atoms. The van der Waals surface area contributed by atoms with E-state index in [1.165, 1.54) is 16.9 Å². The molecule has 4 aromatic rings. The fourth-order valence-electron chi connectivity index (χ4n) is 4.68. The van der Waals surface area contributed by atoms with E-state index in [-0.39, 0.29) is 0 Å². The number of pyridine rings is 1. The number of nitrogens with zero attached hydrogens (tertiary/aromatic N) is 5. The van der Waals surface area contributed by atoms with Gasteiger partial charge in [-0.25, -0.2) is 19.9 Å². The van der Waals surface area contributed by atoms with Gasteiger partial charge < -0.3 is 15.4 Å². The van der Waals surface area contributed by atoms with E-state index in [2.05, 4.69) is 65.7 Å². The zero-order chi connectivity index (χ0) is 23.3. The zero-order valence-corrected chi connectivity index (χ0v) is 20.5. The van der Waals surface area contributed by atoms with Gasteiger partial charge in [0.25, 0.3) is 0 Å². The van der Waals surface area contributed by atoms with Crippen LogP contribution >= 0.6 is 11.3 Å². The second-order valence-corrected chi connectivity index (χ2v) is 9.91. The Morgan fingerprint density at radius 3 is 2.67 bits per heavy atom. The summed E-state index contributed by atoms with van der Waals surface area (Å²) in [5, 5.41) is 0.535. The first-order valence-electron chi connectivity index (χ1n) is 11.2. The highest BCUT2D eigenvalue weighted by molar-refractivity contribution is 7.21. The minimum atomic E-state index is 0.334. The number of hydrogen-bond acceptors (Lipinski definition) is 8. The molecule has 7 nitrogen and oxygen atoms in total. The number of benzene rings is 1. The van der Waals surface area contributed by atoms with Crippen molar-refractivity contribution in [2.75, 3.05) is 23.8 Å². The molecule has 1 aliphatic heterocycles. The number of thiazole rings is 1. The summed E-state index contributed by atoms with van der Waals surface area (Å²) in [6, 6.07) is 6.42. The van der Waals surface area contributed by atoms with E-state index in [0.29, 0.717) is 17.7 Å². The normalized spacial score (nSPS) is 13.8. The Balaban J connectivity index is 1.58. The van der Waals surface area contributed by atoms with Crippen LogP contribution in [-0.4, -0.2) is 33.1 Å². The van der Waals surface area contributed by atoms with Gasteiger partial charge in [-0.05, 0) is 56.0 Å². The Hall–Kier alpha value is -3.26. The van der Waals surface area contributed by atoms with Gasteiger partial charge >= 0.3 is 0 Å². The van der Waals surface area contributed by atoms with Crippen LogP contribution in [0.15, 0.2) is 24.4 Å². The summed E-state index contributed by atoms with van der Waals surface area (Å²) in [6.45, 7) is 12.6. The van der Waals surface area contributed by atoms with E-state index in [4.69, 9.17) is 15.5 Å². The van der Waals surface area contributed by atoms with Gasteiger partial charge in [0.05, 0.1) is 6.54 Å². The van der Waals surface area contributed by atoms with Gasteiger partial charge in [-0.1, -0.05) is 25.2 Å². The van der Waals surface area contributed by atoms with Crippen molar-refractivity contribution in [3.8, 4) is 16.9 Å². The van der Waals surface area contributed by atoms with Gasteiger partial charge in [0, 0.05) is 35.1 Å². The highest BCUT2D eigenvalue weighted by Crippen LogP contribution is 2.36. The van der Waals surface area contributed by atoms with Crippen LogP contribution < -0.4 is 15.4 Å². The Morgan fingerprint density at radius 2 is 1.88 bits per heavy atom. The second-order valence-electron chi connectivity index (χ2n) is 8.90. The maximum absolute atomic E-state index is 6.23. The van der Waals surface area contributed by atoms with Crippen molar-refractivity contribution in [3.05, 3.63) is 52.6 Å². The molecule has 0 saturated heterocycles. The lowest BCUT2D eigenvalue weighted by Gasteiger charge is -2.26. The van der Waals surface area contributed by atoms with Crippen molar-refractivity contribution >= 4 is 32.6 Å². The SMILES string of the molecule is Cc1nc(C)c(C(C)C)c(N2CCOc3c(C)cc(-c4cnc5sc(N)nc5c4)cc3C2)n1. The first kappa shape index (κ1) is 21.6. The molecule has 0 unspecified atom stereocenters. The molecule has 2 N–H and O–H groups in total. The number of rotatable bonds is 3. The van der Waals surface area contributed by atoms with Crippen molar-refractivity contribution in [1.82, 2.24) is 19.9 Å². The van der Waals surface area contributed by atoms with Gasteiger partial charge in [-0.2, -0.15) is 0 Å². The molecular formula is C25H28N6OS. The number of nitrogen functional groups attached to an aromatic ring is 1. The van der Waals surface area contributed by atoms with Crippen LogP contribution in [0.25, 0.3) is 21.5 Å². The number of nitrogens with two attached hydrogens (primary N) is 1. The van der Waals surface area contributed by atoms with Gasteiger partial charge in [0.15, 0.2) is 5.13 Å². The van der Waals surface area contributed by atoms with E-state index in [1.54, 1.807) is 0 Å². The van der Waals surface area contributed by atoms with Gasteiger partial charge in [0.2, 0.25) is 0 Å². The lowest BCUT2D eigenvalue weighted by Crippen LogP contribution is -2.28. The third-order valence-corrected chi connectivity index (χ3v) is 6.83. The fourth-order valence-corrected chi connectivity index (χ4v) is 5.34. The van der Waals surface area contributed by atoms with Crippen molar-refractivity contribution < 1.29 is 4.74 Å². The molecule has 0 fully saturated rings. The summed E-state index contributed by atoms with van der Waals surface area (Å²) >= 11 is 1.41. The third-order valence-electron chi connectivity index (χ3n) is 6.02. The predicted octanol–water partition coefficient (Wildman–Crippen LogP) is 5.18. The predicted molar refractivity (Wildman–Crippen MR) is 134 cm³/mol. The molecular weight excluding hydrogens is 432 g/mol. The van der Waals surface area contributed by atoms with Crippen LogP contribution in [0, 0.1) is 20.8 Å². The topological polar surface area (TPSA) is 90.0 Å². The van der Waals surface area contributed by atoms with Crippen molar-refractivity contribution in [3.63, 3.8) is 0 Å². The van der Waals surface area contributed by atoms with Crippen LogP contribution in [0.5, 0.6) is 5.75 Å². The molecule has 0 saturated carbocycles. The van der Waals surface area contributed by atoms with Gasteiger partial charge in [0.1, 0.15) is 34.3 Å². The standard InChI is InChI=1S/C25H28N6OS/c1-13(2)21-15(4)28-16(5)29-23(21)31-6-7-32-22-14(3)8-17(9-19(22)12-31)18-10-20-24(27-11-18)33-25(26)30-20/h8-11,13H,6-7,12H2,1-5H3,(H2,26,30). The minimum absolute atomic E-state index is 0.334. The van der Waals surface area contributed by atoms with E-state index in [0.717, 1.165) is 68.8 Å². The molecule has 0 spiro atoms. The highest BCUT2D eigenvalue weighted by atomic mass is 32.1. The number of anilines is 2. The molecule has 4 heterocycles. The first-order valence-corrected chi connectivity index (χ1v) is 12.0. The summed E-state index contributed by atoms with van der Waals surface area (Å²) in [5.41, 5.74) is 13.3. The largest absolute Gasteiger partial charge is 0.491 e. The Bertz CT molecular complexity index is 1360. The fraction of sp³-hybridized carbons (Fsp3) is 0.360. The van der Waals surface area contributed by atoms with Crippen LogP contribution in [0.4, 0.5) is 10.9 Å². The van der Waals surface area contributed by atoms with Crippen molar-refractivity contribution in [2.45, 2.75) is 47.1 Å². The van der Waals surface area contributed by atoms with E-state index < -0.39 is 0 Å². The minimum Gasteiger partial charge on any atom is -0.491 e. The average molecular weight is 461 g/mol. The Morgan fingerprint density at radius 1 is 1.06 bits per heavy atom. The Kier molecular flexibility index (Phi) is 5.40. The summed E-state index contributed by atoms with van der Waals surface area (Å²) in [6.07, 6.45) is 1.89. The molecule has 1 aromatic carbocycles. The number of hydrogen-bond donors (Lipinski definition) is 1. The summed E-state index contributed by atoms with van der Waals surface area (Å²) in [4.78, 5) is 21.6. The monoisotopic (exact) mass is 460 g/mol. The number of aromatic nitrogens is 4. The molecule has 0 amide bonds. The van der Waals surface area contributed by atoms with Crippen LogP contribution in [0.3, 0.4) is 0 Å². The first-order chi connectivity index (χ1) is 15.8. The molecule has 0 radical (unpaired) electrons. The van der Waals surface area contributed by atoms with E-state index >= 15 is 0 Å². The van der Waals surface area contributed by atoms with Crippen molar-refractivity contribution in [2.24, 2.45) is 0 Å². The summed E-state index contributed by atoms with van der Waals surface area (Å²) in [5.74, 6) is 3.10. The maximum atomic E-state index is 6.23. The molecule has 170 valence electrons. The number of ether oxygens (including phenoxy) is 1. The lowest BCUT2D eigenvalue weighted by atomic mass is 9.99. The second kappa shape index (κ2) is 8.26. The van der Waals surface area contributed by atoms with Crippen LogP contribution in [-0.2, 0) is 6.54 Å². The molecule has 3 aromatic heterocycles. The highest BCUT2D eigenvalue weighted by Gasteiger charge is 2.24. The quantitative estimate of drug-likeness (QED) is 0.450. The van der Waals surface area contributed by atoms with Gasteiger partial charge in [-0.3, -0.25) is 0 Å². The molecule has 0 aliphatic carbocycles. The Labute approximate surface area is 197 Å². The molecule has 5 rings (SSSR count). The van der Waals surface area contributed by atoms with E-state index in [1.807, 2.05) is 13.1 Å². The number of aryl methyl sites for hydroxylation is 3.